The number of anilines is 1. The molecule has 0 bridgehead atoms. The Morgan fingerprint density at radius 2 is 1.93 bits per heavy atom. The number of rotatable bonds is 2. The number of nitrogens with zero attached hydrogens (tertiary/aromatic N) is 1. The molecular formula is C12H17ClN2. The van der Waals surface area contributed by atoms with Gasteiger partial charge in [0.2, 0.25) is 0 Å². The van der Waals surface area contributed by atoms with Gasteiger partial charge in [-0.2, -0.15) is 0 Å². The van der Waals surface area contributed by atoms with Crippen LogP contribution in [0, 0.1) is 0 Å². The minimum atomic E-state index is 0.514. The average molecular weight is 225 g/mol. The fourth-order valence-corrected chi connectivity index (χ4v) is 2.26. The summed E-state index contributed by atoms with van der Waals surface area (Å²) < 4.78 is 0. The van der Waals surface area contributed by atoms with Gasteiger partial charge in [0.1, 0.15) is 0 Å². The van der Waals surface area contributed by atoms with E-state index in [9.17, 15) is 0 Å². The molecule has 15 heavy (non-hydrogen) atoms. The molecule has 1 aromatic carbocycles. The van der Waals surface area contributed by atoms with Crippen LogP contribution in [0.2, 0.25) is 5.02 Å². The zero-order valence-electron chi connectivity index (χ0n) is 8.88. The molecule has 2 rings (SSSR count). The van der Waals surface area contributed by atoms with Crippen LogP contribution < -0.4 is 10.6 Å². The Labute approximate surface area is 96.0 Å². The number of benzene rings is 1. The molecule has 0 radical (unpaired) electrons. The fourth-order valence-electron chi connectivity index (χ4n) is 2.07. The zero-order valence-corrected chi connectivity index (χ0v) is 9.63. The Hall–Kier alpha value is -0.730. The molecular weight excluding hydrogens is 208 g/mol. The van der Waals surface area contributed by atoms with Crippen molar-refractivity contribution in [1.29, 1.82) is 0 Å². The van der Waals surface area contributed by atoms with E-state index in [1.54, 1.807) is 0 Å². The highest BCUT2D eigenvalue weighted by Gasteiger charge is 2.11. The van der Waals surface area contributed by atoms with Gasteiger partial charge in [0.15, 0.2) is 0 Å². The van der Waals surface area contributed by atoms with E-state index in [1.165, 1.54) is 24.9 Å². The Morgan fingerprint density at radius 1 is 1.20 bits per heavy atom. The summed E-state index contributed by atoms with van der Waals surface area (Å²) in [5.41, 5.74) is 7.95. The van der Waals surface area contributed by atoms with E-state index in [0.717, 1.165) is 23.7 Å². The molecule has 0 aromatic heterocycles. The van der Waals surface area contributed by atoms with Crippen LogP contribution in [-0.4, -0.2) is 13.1 Å². The number of piperidine rings is 1. The van der Waals surface area contributed by atoms with Crippen molar-refractivity contribution in [2.75, 3.05) is 18.0 Å². The molecule has 0 aliphatic carbocycles. The van der Waals surface area contributed by atoms with E-state index in [1.807, 2.05) is 6.07 Å². The molecule has 0 spiro atoms. The van der Waals surface area contributed by atoms with Crippen LogP contribution in [0.3, 0.4) is 0 Å². The summed E-state index contributed by atoms with van der Waals surface area (Å²) in [6.07, 6.45) is 3.94. The minimum Gasteiger partial charge on any atom is -0.372 e. The van der Waals surface area contributed by atoms with Gasteiger partial charge in [-0.15, -0.1) is 0 Å². The molecule has 82 valence electrons. The number of hydrogen-bond acceptors (Lipinski definition) is 2. The first-order valence-corrected chi connectivity index (χ1v) is 5.92. The summed E-state index contributed by atoms with van der Waals surface area (Å²) in [5, 5.41) is 0.776. The molecule has 0 amide bonds. The van der Waals surface area contributed by atoms with Crippen LogP contribution in [0.25, 0.3) is 0 Å². The maximum absolute atomic E-state index is 6.04. The van der Waals surface area contributed by atoms with Gasteiger partial charge < -0.3 is 10.6 Å². The Balaban J connectivity index is 2.20. The van der Waals surface area contributed by atoms with E-state index in [-0.39, 0.29) is 0 Å². The predicted octanol–water partition coefficient (Wildman–Crippen LogP) is 2.79. The lowest BCUT2D eigenvalue weighted by molar-refractivity contribution is 0.577. The predicted molar refractivity (Wildman–Crippen MR) is 65.4 cm³/mol. The highest BCUT2D eigenvalue weighted by Crippen LogP contribution is 2.25. The molecule has 2 N–H and O–H groups in total. The van der Waals surface area contributed by atoms with E-state index in [0.29, 0.717) is 6.54 Å². The van der Waals surface area contributed by atoms with Crippen molar-refractivity contribution in [3.05, 3.63) is 28.8 Å². The monoisotopic (exact) mass is 224 g/mol. The van der Waals surface area contributed by atoms with Gasteiger partial charge in [-0.3, -0.25) is 0 Å². The van der Waals surface area contributed by atoms with Crippen molar-refractivity contribution in [2.45, 2.75) is 25.8 Å². The fraction of sp³-hybridized carbons (Fsp3) is 0.500. The Bertz CT molecular complexity index is 332. The first-order chi connectivity index (χ1) is 7.31. The molecule has 1 saturated heterocycles. The van der Waals surface area contributed by atoms with Crippen molar-refractivity contribution in [1.82, 2.24) is 0 Å². The topological polar surface area (TPSA) is 29.3 Å². The van der Waals surface area contributed by atoms with E-state index >= 15 is 0 Å². The third-order valence-corrected chi connectivity index (χ3v) is 3.34. The normalized spacial score (nSPS) is 16.8. The molecule has 0 unspecified atom stereocenters. The second-order valence-corrected chi connectivity index (χ2v) is 4.43. The highest BCUT2D eigenvalue weighted by molar-refractivity contribution is 6.31. The summed E-state index contributed by atoms with van der Waals surface area (Å²) in [7, 11) is 0. The largest absolute Gasteiger partial charge is 0.372 e. The minimum absolute atomic E-state index is 0.514. The van der Waals surface area contributed by atoms with Crippen LogP contribution in [-0.2, 0) is 6.54 Å². The van der Waals surface area contributed by atoms with Gasteiger partial charge in [0.05, 0.1) is 0 Å². The summed E-state index contributed by atoms with van der Waals surface area (Å²) in [6, 6.07) is 6.16. The quantitative estimate of drug-likeness (QED) is 0.837. The van der Waals surface area contributed by atoms with E-state index < -0.39 is 0 Å². The van der Waals surface area contributed by atoms with E-state index in [4.69, 9.17) is 17.3 Å². The van der Waals surface area contributed by atoms with Gasteiger partial charge in [0.25, 0.3) is 0 Å². The summed E-state index contributed by atoms with van der Waals surface area (Å²) in [5.74, 6) is 0. The lowest BCUT2D eigenvalue weighted by atomic mass is 10.1. The van der Waals surface area contributed by atoms with Crippen molar-refractivity contribution < 1.29 is 0 Å². The Morgan fingerprint density at radius 3 is 2.60 bits per heavy atom. The molecule has 1 heterocycles. The maximum atomic E-state index is 6.04. The third-order valence-electron chi connectivity index (χ3n) is 2.97. The zero-order chi connectivity index (χ0) is 10.7. The second kappa shape index (κ2) is 4.86. The highest BCUT2D eigenvalue weighted by atomic mass is 35.5. The van der Waals surface area contributed by atoms with Gasteiger partial charge in [-0.1, -0.05) is 11.6 Å². The molecule has 1 aromatic rings. The van der Waals surface area contributed by atoms with Crippen molar-refractivity contribution in [3.8, 4) is 0 Å². The second-order valence-electron chi connectivity index (χ2n) is 4.03. The van der Waals surface area contributed by atoms with Gasteiger partial charge >= 0.3 is 0 Å². The SMILES string of the molecule is NCc1cc(N2CCCCC2)ccc1Cl. The molecule has 0 atom stereocenters. The molecule has 0 saturated carbocycles. The van der Waals surface area contributed by atoms with Crippen LogP contribution in [0.15, 0.2) is 18.2 Å². The average Bonchev–Trinajstić information content (AvgIpc) is 2.31. The van der Waals surface area contributed by atoms with Crippen LogP contribution in [0.1, 0.15) is 24.8 Å². The van der Waals surface area contributed by atoms with Crippen molar-refractivity contribution in [2.24, 2.45) is 5.73 Å². The molecule has 1 aliphatic heterocycles. The van der Waals surface area contributed by atoms with Gasteiger partial charge in [-0.05, 0) is 43.0 Å². The number of hydrogen-bond donors (Lipinski definition) is 1. The third kappa shape index (κ3) is 2.44. The molecule has 1 fully saturated rings. The standard InChI is InChI=1S/C12H17ClN2/c13-12-5-4-11(8-10(12)9-14)15-6-2-1-3-7-15/h4-5,8H,1-3,6-7,9,14H2. The number of nitrogens with two attached hydrogens (primary N) is 1. The lowest BCUT2D eigenvalue weighted by Gasteiger charge is -2.29. The molecule has 1 aliphatic rings. The summed E-state index contributed by atoms with van der Waals surface area (Å²) >= 11 is 6.04. The maximum Gasteiger partial charge on any atom is 0.0452 e. The first kappa shape index (κ1) is 10.8. The lowest BCUT2D eigenvalue weighted by Crippen LogP contribution is -2.29. The smallest absolute Gasteiger partial charge is 0.0452 e. The van der Waals surface area contributed by atoms with Crippen LogP contribution >= 0.6 is 11.6 Å². The molecule has 3 heteroatoms. The first-order valence-electron chi connectivity index (χ1n) is 5.54. The van der Waals surface area contributed by atoms with Crippen LogP contribution in [0.5, 0.6) is 0 Å². The molecule has 2 nitrogen and oxygen atoms in total. The van der Waals surface area contributed by atoms with Gasteiger partial charge in [-0.25, -0.2) is 0 Å². The van der Waals surface area contributed by atoms with Crippen LogP contribution in [0.4, 0.5) is 5.69 Å². The summed E-state index contributed by atoms with van der Waals surface area (Å²) in [4.78, 5) is 2.42. The van der Waals surface area contributed by atoms with E-state index in [2.05, 4.69) is 17.0 Å². The van der Waals surface area contributed by atoms with Gasteiger partial charge in [0, 0.05) is 30.3 Å². The summed E-state index contributed by atoms with van der Waals surface area (Å²) in [6.45, 7) is 2.83. The Kier molecular flexibility index (Phi) is 3.49. The van der Waals surface area contributed by atoms with Crippen molar-refractivity contribution >= 4 is 17.3 Å². The van der Waals surface area contributed by atoms with Crippen molar-refractivity contribution in [3.63, 3.8) is 0 Å². The number of halogens is 1.